The molecule has 0 radical (unpaired) electrons. The second-order valence-corrected chi connectivity index (χ2v) is 6.82. The van der Waals surface area contributed by atoms with Gasteiger partial charge in [-0.3, -0.25) is 4.79 Å². The number of hydrogen-bond donors (Lipinski definition) is 0. The van der Waals surface area contributed by atoms with Gasteiger partial charge in [-0.2, -0.15) is 4.98 Å². The van der Waals surface area contributed by atoms with Gasteiger partial charge in [0.05, 0.1) is 14.2 Å². The lowest BCUT2D eigenvalue weighted by atomic mass is 10.1. The number of nitrogens with zero attached hydrogens (tertiary/aromatic N) is 3. The van der Waals surface area contributed by atoms with Crippen molar-refractivity contribution in [2.24, 2.45) is 0 Å². The molecule has 29 heavy (non-hydrogen) atoms. The molecule has 1 amide bonds. The molecule has 1 atom stereocenters. The predicted molar refractivity (Wildman–Crippen MR) is 104 cm³/mol. The Morgan fingerprint density at radius 2 is 1.97 bits per heavy atom. The van der Waals surface area contributed by atoms with Gasteiger partial charge in [-0.05, 0) is 37.3 Å². The largest absolute Gasteiger partial charge is 0.493 e. The van der Waals surface area contributed by atoms with E-state index in [1.165, 1.54) is 6.07 Å². The first-order chi connectivity index (χ1) is 14.0. The normalized spacial score (nSPS) is 16.3. The average Bonchev–Trinajstić information content (AvgIpc) is 3.36. The second kappa shape index (κ2) is 7.54. The summed E-state index contributed by atoms with van der Waals surface area (Å²) in [5.74, 6) is 1.25. The maximum Gasteiger partial charge on any atom is 0.258 e. The first-order valence-electron chi connectivity index (χ1n) is 9.13. The fourth-order valence-corrected chi connectivity index (χ4v) is 3.49. The lowest BCUT2D eigenvalue weighted by Crippen LogP contribution is -2.25. The summed E-state index contributed by atoms with van der Waals surface area (Å²) in [5.41, 5.74) is 1.70. The predicted octanol–water partition coefficient (Wildman–Crippen LogP) is 3.72. The standard InChI is InChI=1S/C21H20FN3O4/c1-12-15(22)5-4-6-16(12)25-11-14(10-19(25)26)20-23-21(29-24-20)13-7-8-17(27-2)18(9-13)28-3/h4-9,14H,10-11H2,1-3H3. The average molecular weight is 397 g/mol. The Hall–Kier alpha value is -3.42. The van der Waals surface area contributed by atoms with Crippen LogP contribution in [0.3, 0.4) is 0 Å². The Morgan fingerprint density at radius 3 is 2.72 bits per heavy atom. The Morgan fingerprint density at radius 1 is 1.17 bits per heavy atom. The van der Waals surface area contributed by atoms with Gasteiger partial charge in [0.15, 0.2) is 17.3 Å². The summed E-state index contributed by atoms with van der Waals surface area (Å²) < 4.78 is 29.8. The molecule has 0 spiro atoms. The van der Waals surface area contributed by atoms with Gasteiger partial charge in [0.25, 0.3) is 5.89 Å². The van der Waals surface area contributed by atoms with Crippen LogP contribution in [-0.4, -0.2) is 36.8 Å². The summed E-state index contributed by atoms with van der Waals surface area (Å²) in [7, 11) is 3.11. The van der Waals surface area contributed by atoms with Crippen LogP contribution < -0.4 is 14.4 Å². The Kier molecular flexibility index (Phi) is 4.92. The van der Waals surface area contributed by atoms with Crippen LogP contribution in [0.15, 0.2) is 40.9 Å². The number of carbonyl (C=O) groups is 1. The number of halogens is 1. The highest BCUT2D eigenvalue weighted by Gasteiger charge is 2.35. The number of carbonyl (C=O) groups excluding carboxylic acids is 1. The van der Waals surface area contributed by atoms with Crippen LogP contribution in [0.25, 0.3) is 11.5 Å². The molecule has 3 aromatic rings. The topological polar surface area (TPSA) is 77.7 Å². The van der Waals surface area contributed by atoms with Crippen molar-refractivity contribution in [1.82, 2.24) is 10.1 Å². The number of hydrogen-bond acceptors (Lipinski definition) is 6. The van der Waals surface area contributed by atoms with Gasteiger partial charge in [-0.15, -0.1) is 0 Å². The van der Waals surface area contributed by atoms with Gasteiger partial charge >= 0.3 is 0 Å². The van der Waals surface area contributed by atoms with Gasteiger partial charge < -0.3 is 18.9 Å². The molecular weight excluding hydrogens is 377 g/mol. The number of anilines is 1. The highest BCUT2D eigenvalue weighted by atomic mass is 19.1. The van der Waals surface area contributed by atoms with Crippen molar-refractivity contribution >= 4 is 11.6 Å². The van der Waals surface area contributed by atoms with Crippen molar-refractivity contribution in [3.8, 4) is 23.0 Å². The van der Waals surface area contributed by atoms with Crippen LogP contribution >= 0.6 is 0 Å². The van der Waals surface area contributed by atoms with E-state index in [1.54, 1.807) is 56.4 Å². The fraction of sp³-hybridized carbons (Fsp3) is 0.286. The highest BCUT2D eigenvalue weighted by molar-refractivity contribution is 5.97. The zero-order valence-electron chi connectivity index (χ0n) is 16.3. The number of rotatable bonds is 5. The van der Waals surface area contributed by atoms with Gasteiger partial charge in [-0.25, -0.2) is 4.39 Å². The molecule has 1 fully saturated rings. The maximum atomic E-state index is 13.9. The van der Waals surface area contributed by atoms with Crippen LogP contribution in [0.2, 0.25) is 0 Å². The number of methoxy groups -OCH3 is 2. The van der Waals surface area contributed by atoms with Crippen molar-refractivity contribution in [3.05, 3.63) is 53.6 Å². The third-order valence-corrected chi connectivity index (χ3v) is 5.09. The van der Waals surface area contributed by atoms with Gasteiger partial charge in [0, 0.05) is 35.7 Å². The minimum Gasteiger partial charge on any atom is -0.493 e. The molecule has 8 heteroatoms. The van der Waals surface area contributed by atoms with E-state index < -0.39 is 0 Å². The molecule has 0 aliphatic carbocycles. The molecule has 1 aliphatic rings. The molecule has 0 N–H and O–H groups in total. The second-order valence-electron chi connectivity index (χ2n) is 6.82. The SMILES string of the molecule is COc1ccc(-c2nc(C3CC(=O)N(c4cccc(F)c4C)C3)no2)cc1OC. The monoisotopic (exact) mass is 397 g/mol. The molecule has 1 aromatic heterocycles. The lowest BCUT2D eigenvalue weighted by molar-refractivity contribution is -0.117. The van der Waals surface area contributed by atoms with E-state index in [4.69, 9.17) is 14.0 Å². The zero-order valence-corrected chi connectivity index (χ0v) is 16.3. The summed E-state index contributed by atoms with van der Waals surface area (Å²) >= 11 is 0. The van der Waals surface area contributed by atoms with Crippen molar-refractivity contribution in [2.75, 3.05) is 25.7 Å². The molecule has 1 unspecified atom stereocenters. The number of amides is 1. The van der Waals surface area contributed by atoms with E-state index in [-0.39, 0.29) is 24.1 Å². The van der Waals surface area contributed by atoms with E-state index in [0.29, 0.717) is 46.6 Å². The first-order valence-corrected chi connectivity index (χ1v) is 9.13. The van der Waals surface area contributed by atoms with E-state index in [1.807, 2.05) is 0 Å². The highest BCUT2D eigenvalue weighted by Crippen LogP contribution is 2.35. The van der Waals surface area contributed by atoms with Gasteiger partial charge in [-0.1, -0.05) is 11.2 Å². The quantitative estimate of drug-likeness (QED) is 0.653. The Bertz CT molecular complexity index is 1070. The van der Waals surface area contributed by atoms with Crippen molar-refractivity contribution in [1.29, 1.82) is 0 Å². The van der Waals surface area contributed by atoms with E-state index in [9.17, 15) is 9.18 Å². The molecule has 4 rings (SSSR count). The summed E-state index contributed by atoms with van der Waals surface area (Å²) in [6, 6.07) is 10.0. The Balaban J connectivity index is 1.58. The smallest absolute Gasteiger partial charge is 0.258 e. The molecule has 150 valence electrons. The lowest BCUT2D eigenvalue weighted by Gasteiger charge is -2.18. The van der Waals surface area contributed by atoms with Gasteiger partial charge in [0.2, 0.25) is 5.91 Å². The van der Waals surface area contributed by atoms with Crippen LogP contribution in [0.1, 0.15) is 23.7 Å². The molecule has 1 saturated heterocycles. The zero-order chi connectivity index (χ0) is 20.5. The molecule has 0 saturated carbocycles. The minimum atomic E-state index is -0.339. The van der Waals surface area contributed by atoms with Crippen LogP contribution in [0.4, 0.5) is 10.1 Å². The molecular formula is C21H20FN3O4. The maximum absolute atomic E-state index is 13.9. The summed E-state index contributed by atoms with van der Waals surface area (Å²) in [6.07, 6.45) is 0.237. The van der Waals surface area contributed by atoms with Crippen LogP contribution in [0, 0.1) is 12.7 Å². The number of ether oxygens (including phenoxy) is 2. The number of aromatic nitrogens is 2. The van der Waals surface area contributed by atoms with Crippen molar-refractivity contribution < 1.29 is 23.2 Å². The molecule has 1 aliphatic heterocycles. The molecule has 0 bridgehead atoms. The fourth-order valence-electron chi connectivity index (χ4n) is 3.49. The van der Waals surface area contributed by atoms with Crippen molar-refractivity contribution in [2.45, 2.75) is 19.3 Å². The third-order valence-electron chi connectivity index (χ3n) is 5.09. The number of benzene rings is 2. The van der Waals surface area contributed by atoms with E-state index in [0.717, 1.165) is 0 Å². The minimum absolute atomic E-state index is 0.0961. The third kappa shape index (κ3) is 3.41. The molecule has 2 aromatic carbocycles. The van der Waals surface area contributed by atoms with Crippen molar-refractivity contribution in [3.63, 3.8) is 0 Å². The summed E-state index contributed by atoms with van der Waals surface area (Å²) in [4.78, 5) is 18.6. The van der Waals surface area contributed by atoms with Gasteiger partial charge in [0.1, 0.15) is 5.82 Å². The summed E-state index contributed by atoms with van der Waals surface area (Å²) in [5, 5.41) is 4.06. The molecule has 7 nitrogen and oxygen atoms in total. The Labute approximate surface area is 167 Å². The van der Waals surface area contributed by atoms with Crippen LogP contribution in [0.5, 0.6) is 11.5 Å². The summed E-state index contributed by atoms with van der Waals surface area (Å²) in [6.45, 7) is 2.03. The van der Waals surface area contributed by atoms with E-state index >= 15 is 0 Å². The first kappa shape index (κ1) is 18.9. The van der Waals surface area contributed by atoms with E-state index in [2.05, 4.69) is 10.1 Å². The molecule has 2 heterocycles. The van der Waals surface area contributed by atoms with Crippen LogP contribution in [-0.2, 0) is 4.79 Å².